The van der Waals surface area contributed by atoms with E-state index < -0.39 is 15.9 Å². The highest BCUT2D eigenvalue weighted by Crippen LogP contribution is 2.27. The molecule has 1 amide bonds. The summed E-state index contributed by atoms with van der Waals surface area (Å²) in [4.78, 5) is 10.9. The van der Waals surface area contributed by atoms with Crippen molar-refractivity contribution in [3.8, 4) is 5.75 Å². The zero-order valence-corrected chi connectivity index (χ0v) is 11.9. The van der Waals surface area contributed by atoms with Crippen LogP contribution < -0.4 is 9.50 Å². The van der Waals surface area contributed by atoms with Crippen molar-refractivity contribution in [2.75, 3.05) is 5.32 Å². The van der Waals surface area contributed by atoms with Crippen LogP contribution in [0.25, 0.3) is 0 Å². The number of hydrogen-bond acceptors (Lipinski definition) is 4. The van der Waals surface area contributed by atoms with E-state index in [1.165, 1.54) is 19.1 Å². The van der Waals surface area contributed by atoms with Gasteiger partial charge in [-0.15, -0.1) is 0 Å². The van der Waals surface area contributed by atoms with E-state index >= 15 is 0 Å². The molecule has 2 aromatic carbocycles. The van der Waals surface area contributed by atoms with Crippen molar-refractivity contribution in [3.63, 3.8) is 0 Å². The second-order valence-electron chi connectivity index (χ2n) is 4.17. The van der Waals surface area contributed by atoms with Crippen LogP contribution in [-0.4, -0.2) is 14.3 Å². The lowest BCUT2D eigenvalue weighted by Crippen LogP contribution is -2.13. The highest BCUT2D eigenvalue weighted by molar-refractivity contribution is 7.87. The summed E-state index contributed by atoms with van der Waals surface area (Å²) >= 11 is 0. The standard InChI is InChI=1S/C14H12FNO4S/c1-10(17)16-13-4-2-3-5-14(13)20-21(18,19)12-8-6-11(15)7-9-12/h2-9H,1H3,(H,16,17). The number of carbonyl (C=O) groups excluding carboxylic acids is 1. The van der Waals surface area contributed by atoms with Crippen molar-refractivity contribution in [1.82, 2.24) is 0 Å². The molecule has 0 spiro atoms. The molecule has 0 aliphatic rings. The average Bonchev–Trinajstić information content (AvgIpc) is 2.40. The van der Waals surface area contributed by atoms with Crippen molar-refractivity contribution in [2.24, 2.45) is 0 Å². The van der Waals surface area contributed by atoms with Gasteiger partial charge in [-0.05, 0) is 36.4 Å². The Kier molecular flexibility index (Phi) is 4.23. The van der Waals surface area contributed by atoms with Crippen LogP contribution in [0.4, 0.5) is 10.1 Å². The maximum absolute atomic E-state index is 12.8. The van der Waals surface area contributed by atoms with E-state index in [1.54, 1.807) is 12.1 Å². The third kappa shape index (κ3) is 3.79. The predicted molar refractivity (Wildman–Crippen MR) is 75.0 cm³/mol. The van der Waals surface area contributed by atoms with Gasteiger partial charge < -0.3 is 9.50 Å². The molecule has 7 heteroatoms. The summed E-state index contributed by atoms with van der Waals surface area (Å²) in [5, 5.41) is 2.47. The quantitative estimate of drug-likeness (QED) is 0.881. The number of halogens is 1. The number of carbonyl (C=O) groups is 1. The highest BCUT2D eigenvalue weighted by Gasteiger charge is 2.18. The largest absolute Gasteiger partial charge is 0.377 e. The molecule has 0 aliphatic heterocycles. The number of anilines is 1. The zero-order chi connectivity index (χ0) is 15.5. The number of para-hydroxylation sites is 2. The van der Waals surface area contributed by atoms with Crippen molar-refractivity contribution >= 4 is 21.7 Å². The van der Waals surface area contributed by atoms with Crippen LogP contribution in [0.15, 0.2) is 53.4 Å². The smallest absolute Gasteiger partial charge is 0.339 e. The van der Waals surface area contributed by atoms with E-state index in [-0.39, 0.29) is 22.2 Å². The summed E-state index contributed by atoms with van der Waals surface area (Å²) < 4.78 is 42.0. The fourth-order valence-electron chi connectivity index (χ4n) is 1.60. The highest BCUT2D eigenvalue weighted by atomic mass is 32.2. The van der Waals surface area contributed by atoms with Crippen molar-refractivity contribution in [2.45, 2.75) is 11.8 Å². The summed E-state index contributed by atoms with van der Waals surface area (Å²) in [6.07, 6.45) is 0. The number of benzene rings is 2. The SMILES string of the molecule is CC(=O)Nc1ccccc1OS(=O)(=O)c1ccc(F)cc1. The maximum atomic E-state index is 12.8. The maximum Gasteiger partial charge on any atom is 0.339 e. The molecule has 21 heavy (non-hydrogen) atoms. The van der Waals surface area contributed by atoms with Gasteiger partial charge in [-0.25, -0.2) is 4.39 Å². The Labute approximate surface area is 121 Å². The van der Waals surface area contributed by atoms with Gasteiger partial charge >= 0.3 is 10.1 Å². The second-order valence-corrected chi connectivity index (χ2v) is 5.72. The van der Waals surface area contributed by atoms with Crippen LogP contribution >= 0.6 is 0 Å². The van der Waals surface area contributed by atoms with E-state index in [2.05, 4.69) is 5.32 Å². The monoisotopic (exact) mass is 309 g/mol. The van der Waals surface area contributed by atoms with Gasteiger partial charge in [0.15, 0.2) is 5.75 Å². The summed E-state index contributed by atoms with van der Waals surface area (Å²) in [6.45, 7) is 1.30. The molecule has 0 fully saturated rings. The average molecular weight is 309 g/mol. The molecular weight excluding hydrogens is 297 g/mol. The molecule has 0 bridgehead atoms. The van der Waals surface area contributed by atoms with Gasteiger partial charge in [0.05, 0.1) is 5.69 Å². The number of amides is 1. The van der Waals surface area contributed by atoms with E-state index in [0.29, 0.717) is 0 Å². The van der Waals surface area contributed by atoms with Crippen molar-refractivity contribution < 1.29 is 21.8 Å². The Morgan fingerprint density at radius 2 is 1.71 bits per heavy atom. The first-order valence-corrected chi connectivity index (χ1v) is 7.36. The third-order valence-electron chi connectivity index (χ3n) is 2.50. The molecule has 0 radical (unpaired) electrons. The Bertz CT molecular complexity index is 757. The fraction of sp³-hybridized carbons (Fsp3) is 0.0714. The molecule has 0 heterocycles. The minimum atomic E-state index is -4.11. The summed E-state index contributed by atoms with van der Waals surface area (Å²) in [6, 6.07) is 10.4. The summed E-state index contributed by atoms with van der Waals surface area (Å²) in [7, 11) is -4.11. The first-order valence-electron chi connectivity index (χ1n) is 5.95. The first-order chi connectivity index (χ1) is 9.88. The summed E-state index contributed by atoms with van der Waals surface area (Å²) in [5.41, 5.74) is 0.232. The van der Waals surface area contributed by atoms with Gasteiger partial charge in [-0.1, -0.05) is 12.1 Å². The van der Waals surface area contributed by atoms with Crippen LogP contribution in [-0.2, 0) is 14.9 Å². The molecule has 2 aromatic rings. The number of nitrogens with one attached hydrogen (secondary N) is 1. The van der Waals surface area contributed by atoms with Gasteiger partial charge in [0.1, 0.15) is 10.7 Å². The minimum absolute atomic E-state index is 0.0166. The molecule has 5 nitrogen and oxygen atoms in total. The predicted octanol–water partition coefficient (Wildman–Crippen LogP) is 2.55. The molecule has 0 atom stereocenters. The van der Waals surface area contributed by atoms with E-state index in [1.807, 2.05) is 0 Å². The first kappa shape index (κ1) is 15.0. The normalized spacial score (nSPS) is 11.0. The topological polar surface area (TPSA) is 72.5 Å². The third-order valence-corrected chi connectivity index (χ3v) is 3.75. The van der Waals surface area contributed by atoms with Crippen LogP contribution in [0.5, 0.6) is 5.75 Å². The lowest BCUT2D eigenvalue weighted by molar-refractivity contribution is -0.114. The Hall–Kier alpha value is -2.41. The molecule has 1 N–H and O–H groups in total. The zero-order valence-electron chi connectivity index (χ0n) is 11.0. The molecular formula is C14H12FNO4S. The van der Waals surface area contributed by atoms with Gasteiger partial charge in [0, 0.05) is 6.92 Å². The van der Waals surface area contributed by atoms with Gasteiger partial charge in [-0.3, -0.25) is 4.79 Å². The molecule has 110 valence electrons. The van der Waals surface area contributed by atoms with Crippen LogP contribution in [0.1, 0.15) is 6.92 Å². The molecule has 0 aliphatic carbocycles. The van der Waals surface area contributed by atoms with Crippen molar-refractivity contribution in [3.05, 3.63) is 54.3 Å². The Morgan fingerprint density at radius 1 is 1.10 bits per heavy atom. The van der Waals surface area contributed by atoms with Crippen LogP contribution in [0, 0.1) is 5.82 Å². The number of hydrogen-bond donors (Lipinski definition) is 1. The molecule has 0 unspecified atom stereocenters. The van der Waals surface area contributed by atoms with Gasteiger partial charge in [0.2, 0.25) is 5.91 Å². The Morgan fingerprint density at radius 3 is 2.33 bits per heavy atom. The fourth-order valence-corrected chi connectivity index (χ4v) is 2.55. The lowest BCUT2D eigenvalue weighted by atomic mass is 10.3. The lowest BCUT2D eigenvalue weighted by Gasteiger charge is -2.11. The minimum Gasteiger partial charge on any atom is -0.377 e. The molecule has 2 rings (SSSR count). The van der Waals surface area contributed by atoms with Gasteiger partial charge in [0.25, 0.3) is 0 Å². The molecule has 0 saturated carbocycles. The van der Waals surface area contributed by atoms with E-state index in [9.17, 15) is 17.6 Å². The molecule has 0 saturated heterocycles. The summed E-state index contributed by atoms with van der Waals surface area (Å²) in [5.74, 6) is -0.921. The van der Waals surface area contributed by atoms with Gasteiger partial charge in [-0.2, -0.15) is 8.42 Å². The van der Waals surface area contributed by atoms with Crippen LogP contribution in [0.3, 0.4) is 0 Å². The van der Waals surface area contributed by atoms with Crippen molar-refractivity contribution in [1.29, 1.82) is 0 Å². The van der Waals surface area contributed by atoms with E-state index in [4.69, 9.17) is 4.18 Å². The second kappa shape index (κ2) is 5.92. The Balaban J connectivity index is 2.33. The molecule has 0 aromatic heterocycles. The number of rotatable bonds is 4. The van der Waals surface area contributed by atoms with E-state index in [0.717, 1.165) is 24.3 Å². The van der Waals surface area contributed by atoms with Crippen LogP contribution in [0.2, 0.25) is 0 Å².